The van der Waals surface area contributed by atoms with Crippen LogP contribution in [0.25, 0.3) is 0 Å². The second-order valence-electron chi connectivity index (χ2n) is 1.57. The van der Waals surface area contributed by atoms with Gasteiger partial charge in [0, 0.05) is 12.8 Å². The molecule has 2 N–H and O–H groups in total. The maximum absolute atomic E-state index is 2.36. The Balaban J connectivity index is 0.000000250. The Morgan fingerprint density at radius 1 is 1.00 bits per heavy atom. The van der Waals surface area contributed by atoms with Crippen LogP contribution in [-0.2, 0) is 0 Å². The zero-order valence-corrected chi connectivity index (χ0v) is 6.76. The summed E-state index contributed by atoms with van der Waals surface area (Å²) in [6, 6.07) is 0. The quantitative estimate of drug-likeness (QED) is 0.471. The summed E-state index contributed by atoms with van der Waals surface area (Å²) in [5, 5.41) is 2.36. The van der Waals surface area contributed by atoms with Gasteiger partial charge in [-0.25, -0.2) is 0 Å². The van der Waals surface area contributed by atoms with Crippen LogP contribution in [-0.4, -0.2) is 37.0 Å². The predicted octanol–water partition coefficient (Wildman–Crippen LogP) is -1.04. The van der Waals surface area contributed by atoms with Crippen molar-refractivity contribution in [2.75, 3.05) is 13.1 Å². The van der Waals surface area contributed by atoms with Crippen LogP contribution < -0.4 is 5.32 Å². The van der Waals surface area contributed by atoms with Crippen molar-refractivity contribution in [2.45, 2.75) is 12.8 Å². The van der Waals surface area contributed by atoms with E-state index < -0.39 is 0 Å². The van der Waals surface area contributed by atoms with Crippen molar-refractivity contribution in [2.24, 2.45) is 0 Å². The summed E-state index contributed by atoms with van der Waals surface area (Å²) in [6.07, 6.45) is 2.89. The molecule has 0 aromatic heterocycles. The summed E-state index contributed by atoms with van der Waals surface area (Å²) in [6.45, 7) is 2.75. The van der Waals surface area contributed by atoms with E-state index in [1.165, 1.54) is 25.9 Å². The second kappa shape index (κ2) is 3.93. The van der Waals surface area contributed by atoms with Crippen LogP contribution >= 0.6 is 0 Å². The van der Waals surface area contributed by atoms with Crippen molar-refractivity contribution in [1.29, 1.82) is 0 Å². The first-order valence-corrected chi connectivity index (χ1v) is 2.32. The third-order valence-electron chi connectivity index (χ3n) is 1.07. The molecule has 1 nitrogen and oxygen atoms in total. The Labute approximate surface area is 55.5 Å². The third kappa shape index (κ3) is 2.03. The van der Waals surface area contributed by atoms with E-state index in [1.807, 2.05) is 0 Å². The van der Waals surface area contributed by atoms with Crippen LogP contribution in [0.15, 0.2) is 0 Å². The SMILES string of the molecule is C1CC[NH2+]C1.[Sn+4]. The Morgan fingerprint density at radius 2 is 1.50 bits per heavy atom. The molecule has 0 aromatic rings. The predicted molar refractivity (Wildman–Crippen MR) is 26.6 cm³/mol. The van der Waals surface area contributed by atoms with Crippen LogP contribution in [0, 0.1) is 0 Å². The topological polar surface area (TPSA) is 16.6 Å². The standard InChI is InChI=1S/C4H9N.Sn/c1-2-4-5-3-1;/h5H,1-4H2;/q;+4/p+1. The summed E-state index contributed by atoms with van der Waals surface area (Å²) in [4.78, 5) is 0. The van der Waals surface area contributed by atoms with Gasteiger partial charge >= 0.3 is 23.9 Å². The van der Waals surface area contributed by atoms with E-state index in [0.29, 0.717) is 0 Å². The molecule has 0 spiro atoms. The van der Waals surface area contributed by atoms with Gasteiger partial charge in [-0.3, -0.25) is 0 Å². The molecule has 0 unspecified atom stereocenters. The molecule has 1 aliphatic rings. The van der Waals surface area contributed by atoms with Gasteiger partial charge in [-0.2, -0.15) is 0 Å². The fourth-order valence-electron chi connectivity index (χ4n) is 0.722. The van der Waals surface area contributed by atoms with Gasteiger partial charge in [-0.05, 0) is 0 Å². The van der Waals surface area contributed by atoms with E-state index in [-0.39, 0.29) is 23.9 Å². The molecule has 0 aliphatic carbocycles. The first-order chi connectivity index (χ1) is 2.50. The molecular formula is C4H10NSn+5. The first-order valence-electron chi connectivity index (χ1n) is 2.32. The average molecular weight is 191 g/mol. The molecule has 1 rings (SSSR count). The molecule has 0 saturated carbocycles. The number of quaternary nitrogens is 1. The average Bonchev–Trinajstić information content (AvgIpc) is 1.76. The number of nitrogens with two attached hydrogens (primary N) is 1. The maximum atomic E-state index is 2.36. The molecule has 30 valence electrons. The van der Waals surface area contributed by atoms with Gasteiger partial charge in [-0.1, -0.05) is 0 Å². The summed E-state index contributed by atoms with van der Waals surface area (Å²) in [5.74, 6) is 0. The van der Waals surface area contributed by atoms with Gasteiger partial charge in [-0.15, -0.1) is 0 Å². The van der Waals surface area contributed by atoms with Crippen LogP contribution in [0.1, 0.15) is 12.8 Å². The van der Waals surface area contributed by atoms with Gasteiger partial charge in [0.25, 0.3) is 0 Å². The molecule has 1 heterocycles. The Bertz CT molecular complexity index is 19.1. The van der Waals surface area contributed by atoms with Gasteiger partial charge in [0.1, 0.15) is 0 Å². The van der Waals surface area contributed by atoms with Crippen LogP contribution in [0.4, 0.5) is 0 Å². The first kappa shape index (κ1) is 6.76. The molecule has 0 bridgehead atoms. The van der Waals surface area contributed by atoms with Crippen molar-refractivity contribution >= 4 is 23.9 Å². The third-order valence-corrected chi connectivity index (χ3v) is 1.07. The number of hydrogen-bond acceptors (Lipinski definition) is 0. The fourth-order valence-corrected chi connectivity index (χ4v) is 0.722. The van der Waals surface area contributed by atoms with Crippen LogP contribution in [0.2, 0.25) is 0 Å². The summed E-state index contributed by atoms with van der Waals surface area (Å²) >= 11 is 0. The summed E-state index contributed by atoms with van der Waals surface area (Å²) < 4.78 is 0. The molecule has 1 fully saturated rings. The normalized spacial score (nSPS) is 20.0. The van der Waals surface area contributed by atoms with Crippen molar-refractivity contribution < 1.29 is 5.32 Å². The zero-order valence-electron chi connectivity index (χ0n) is 3.91. The fraction of sp³-hybridized carbons (Fsp3) is 1.00. The number of hydrogen-bond donors (Lipinski definition) is 1. The second-order valence-corrected chi connectivity index (χ2v) is 1.57. The molecule has 0 atom stereocenters. The van der Waals surface area contributed by atoms with Gasteiger partial charge in [0.2, 0.25) is 0 Å². The monoisotopic (exact) mass is 192 g/mol. The molecule has 0 amide bonds. The van der Waals surface area contributed by atoms with Crippen molar-refractivity contribution in [3.63, 3.8) is 0 Å². The van der Waals surface area contributed by atoms with Gasteiger partial charge in [0.15, 0.2) is 0 Å². The van der Waals surface area contributed by atoms with E-state index in [2.05, 4.69) is 5.32 Å². The van der Waals surface area contributed by atoms with Crippen LogP contribution in [0.5, 0.6) is 0 Å². The molecule has 0 aromatic carbocycles. The van der Waals surface area contributed by atoms with E-state index in [1.54, 1.807) is 0 Å². The molecule has 0 radical (unpaired) electrons. The van der Waals surface area contributed by atoms with E-state index >= 15 is 0 Å². The smallest absolute Gasteiger partial charge is 0.346 e. The van der Waals surface area contributed by atoms with E-state index in [9.17, 15) is 0 Å². The summed E-state index contributed by atoms with van der Waals surface area (Å²) in [5.41, 5.74) is 0. The van der Waals surface area contributed by atoms with E-state index in [0.717, 1.165) is 0 Å². The van der Waals surface area contributed by atoms with Gasteiger partial charge < -0.3 is 5.32 Å². The van der Waals surface area contributed by atoms with Gasteiger partial charge in [0.05, 0.1) is 13.1 Å². The largest absolute Gasteiger partial charge is 4.00 e. The zero-order chi connectivity index (χ0) is 3.54. The molecule has 2 heteroatoms. The molecule has 1 aliphatic heterocycles. The van der Waals surface area contributed by atoms with E-state index in [4.69, 9.17) is 0 Å². The minimum absolute atomic E-state index is 0. The van der Waals surface area contributed by atoms with Crippen LogP contribution in [0.3, 0.4) is 0 Å². The molecular weight excluding hydrogens is 181 g/mol. The van der Waals surface area contributed by atoms with Crippen molar-refractivity contribution in [3.05, 3.63) is 0 Å². The van der Waals surface area contributed by atoms with Crippen molar-refractivity contribution in [1.82, 2.24) is 0 Å². The Hall–Kier alpha value is 0.759. The Morgan fingerprint density at radius 3 is 1.67 bits per heavy atom. The molecule has 1 saturated heterocycles. The Kier molecular flexibility index (Phi) is 4.43. The minimum Gasteiger partial charge on any atom is -0.346 e. The molecule has 6 heavy (non-hydrogen) atoms. The number of rotatable bonds is 0. The maximum Gasteiger partial charge on any atom is 4.00 e. The van der Waals surface area contributed by atoms with Crippen molar-refractivity contribution in [3.8, 4) is 0 Å². The minimum atomic E-state index is 0. The summed E-state index contributed by atoms with van der Waals surface area (Å²) in [7, 11) is 0.